The maximum absolute atomic E-state index is 12.2. The van der Waals surface area contributed by atoms with Crippen LogP contribution in [-0.4, -0.2) is 11.3 Å². The summed E-state index contributed by atoms with van der Waals surface area (Å²) in [6.45, 7) is 8.88. The highest BCUT2D eigenvalue weighted by Gasteiger charge is 2.25. The molecule has 0 saturated carbocycles. The molecular formula is C12H25FS. The van der Waals surface area contributed by atoms with Crippen LogP contribution in [0.5, 0.6) is 0 Å². The second-order valence-corrected chi connectivity index (χ2v) is 5.98. The molecule has 86 valence electrons. The van der Waals surface area contributed by atoms with Crippen molar-refractivity contribution in [1.82, 2.24) is 0 Å². The lowest BCUT2D eigenvalue weighted by Gasteiger charge is -2.30. The van der Waals surface area contributed by atoms with E-state index in [-0.39, 0.29) is 11.4 Å². The minimum atomic E-state index is -0.250. The molecule has 0 amide bonds. The predicted molar refractivity (Wildman–Crippen MR) is 65.6 cm³/mol. The molecule has 0 N–H and O–H groups in total. The van der Waals surface area contributed by atoms with E-state index in [0.29, 0.717) is 5.25 Å². The minimum absolute atomic E-state index is 0.250. The molecule has 0 heterocycles. The molecule has 0 aliphatic carbocycles. The summed E-state index contributed by atoms with van der Waals surface area (Å²) in [7, 11) is 0. The maximum atomic E-state index is 12.2. The van der Waals surface area contributed by atoms with Gasteiger partial charge in [0.25, 0.3) is 0 Å². The van der Waals surface area contributed by atoms with Gasteiger partial charge in [-0.15, -0.1) is 11.8 Å². The van der Waals surface area contributed by atoms with Crippen molar-refractivity contribution in [1.29, 1.82) is 0 Å². The Hall–Kier alpha value is 0.280. The molecule has 0 nitrogen and oxygen atoms in total. The number of unbranched alkanes of at least 4 members (excludes halogenated alkanes) is 3. The van der Waals surface area contributed by atoms with Crippen molar-refractivity contribution in [2.75, 3.05) is 6.01 Å². The van der Waals surface area contributed by atoms with Crippen molar-refractivity contribution in [3.8, 4) is 0 Å². The van der Waals surface area contributed by atoms with Crippen molar-refractivity contribution in [3.63, 3.8) is 0 Å². The molecule has 0 spiro atoms. The molecule has 0 aliphatic rings. The fourth-order valence-electron chi connectivity index (χ4n) is 1.53. The van der Waals surface area contributed by atoms with Crippen LogP contribution in [0.4, 0.5) is 4.39 Å². The van der Waals surface area contributed by atoms with Gasteiger partial charge in [0.2, 0.25) is 0 Å². The first-order chi connectivity index (χ1) is 6.54. The highest BCUT2D eigenvalue weighted by atomic mass is 32.2. The largest absolute Gasteiger partial charge is 0.239 e. The first-order valence-corrected chi connectivity index (χ1v) is 6.77. The Morgan fingerprint density at radius 1 is 1.21 bits per heavy atom. The summed E-state index contributed by atoms with van der Waals surface area (Å²) >= 11 is 1.44. The highest BCUT2D eigenvalue weighted by molar-refractivity contribution is 7.99. The molecule has 0 bridgehead atoms. The van der Waals surface area contributed by atoms with Gasteiger partial charge < -0.3 is 0 Å². The number of rotatable bonds is 8. The summed E-state index contributed by atoms with van der Waals surface area (Å²) in [5.41, 5.74) is 0.282. The third-order valence-corrected chi connectivity index (χ3v) is 4.35. The Balaban J connectivity index is 3.69. The van der Waals surface area contributed by atoms with Crippen molar-refractivity contribution in [2.24, 2.45) is 5.41 Å². The van der Waals surface area contributed by atoms with E-state index in [1.54, 1.807) is 0 Å². The number of hydrogen-bond acceptors (Lipinski definition) is 1. The van der Waals surface area contributed by atoms with Crippen LogP contribution in [0.25, 0.3) is 0 Å². The zero-order valence-electron chi connectivity index (χ0n) is 10.1. The number of thioether (sulfide) groups is 1. The van der Waals surface area contributed by atoms with Gasteiger partial charge in [-0.1, -0.05) is 53.4 Å². The normalized spacial score (nSPS) is 14.4. The second-order valence-electron chi connectivity index (χ2n) is 4.72. The number of alkyl halides is 1. The van der Waals surface area contributed by atoms with E-state index in [9.17, 15) is 4.39 Å². The highest BCUT2D eigenvalue weighted by Crippen LogP contribution is 2.35. The Morgan fingerprint density at radius 3 is 2.36 bits per heavy atom. The monoisotopic (exact) mass is 220 g/mol. The molecule has 14 heavy (non-hydrogen) atoms. The molecule has 0 fully saturated rings. The van der Waals surface area contributed by atoms with Crippen molar-refractivity contribution >= 4 is 11.8 Å². The average molecular weight is 220 g/mol. The second kappa shape index (κ2) is 7.56. The van der Waals surface area contributed by atoms with Crippen LogP contribution in [0, 0.1) is 5.41 Å². The Bertz CT molecular complexity index is 134. The third kappa shape index (κ3) is 5.90. The third-order valence-electron chi connectivity index (χ3n) is 3.09. The summed E-state index contributed by atoms with van der Waals surface area (Å²) in [6.07, 6.45) is 6.46. The zero-order valence-corrected chi connectivity index (χ0v) is 10.9. The van der Waals surface area contributed by atoms with Gasteiger partial charge in [-0.3, -0.25) is 0 Å². The Morgan fingerprint density at radius 2 is 1.86 bits per heavy atom. The van der Waals surface area contributed by atoms with Crippen LogP contribution in [0.3, 0.4) is 0 Å². The smallest absolute Gasteiger partial charge is 0.135 e. The molecule has 0 radical (unpaired) electrons. The van der Waals surface area contributed by atoms with Crippen LogP contribution >= 0.6 is 11.8 Å². The molecule has 0 aliphatic heterocycles. The molecule has 1 atom stereocenters. The lowest BCUT2D eigenvalue weighted by molar-refractivity contribution is 0.317. The molecule has 0 aromatic rings. The van der Waals surface area contributed by atoms with Gasteiger partial charge in [-0.05, 0) is 11.8 Å². The van der Waals surface area contributed by atoms with Gasteiger partial charge in [-0.2, -0.15) is 0 Å². The SMILES string of the molecule is CCCCCCC(C)(C)C(C)SCF. The van der Waals surface area contributed by atoms with Gasteiger partial charge in [-0.25, -0.2) is 4.39 Å². The van der Waals surface area contributed by atoms with E-state index >= 15 is 0 Å². The van der Waals surface area contributed by atoms with E-state index in [1.165, 1.54) is 43.9 Å². The van der Waals surface area contributed by atoms with E-state index in [4.69, 9.17) is 0 Å². The summed E-state index contributed by atoms with van der Waals surface area (Å²) in [5.74, 6) is 0. The van der Waals surface area contributed by atoms with E-state index in [2.05, 4.69) is 27.7 Å². The van der Waals surface area contributed by atoms with Crippen LogP contribution in [0.1, 0.15) is 59.8 Å². The van der Waals surface area contributed by atoms with Gasteiger partial charge in [0.1, 0.15) is 6.01 Å². The van der Waals surface area contributed by atoms with E-state index in [1.807, 2.05) is 0 Å². The topological polar surface area (TPSA) is 0 Å². The van der Waals surface area contributed by atoms with Crippen molar-refractivity contribution in [3.05, 3.63) is 0 Å². The summed E-state index contributed by atoms with van der Waals surface area (Å²) in [4.78, 5) is 0. The molecule has 0 aromatic heterocycles. The van der Waals surface area contributed by atoms with Gasteiger partial charge in [0, 0.05) is 5.25 Å². The van der Waals surface area contributed by atoms with Crippen LogP contribution < -0.4 is 0 Å². The van der Waals surface area contributed by atoms with Gasteiger partial charge in [0.05, 0.1) is 0 Å². The molecular weight excluding hydrogens is 195 g/mol. The first-order valence-electron chi connectivity index (χ1n) is 5.72. The molecule has 0 rings (SSSR count). The maximum Gasteiger partial charge on any atom is 0.135 e. The zero-order chi connectivity index (χ0) is 11.0. The molecule has 2 heteroatoms. The molecule has 0 aromatic carbocycles. The van der Waals surface area contributed by atoms with Gasteiger partial charge >= 0.3 is 0 Å². The number of halogens is 1. The Kier molecular flexibility index (Phi) is 7.71. The quantitative estimate of drug-likeness (QED) is 0.517. The van der Waals surface area contributed by atoms with Crippen molar-refractivity contribution < 1.29 is 4.39 Å². The molecule has 0 saturated heterocycles. The minimum Gasteiger partial charge on any atom is -0.239 e. The Labute approximate surface area is 93.0 Å². The average Bonchev–Trinajstić information content (AvgIpc) is 2.13. The first kappa shape index (κ1) is 14.3. The fraction of sp³-hybridized carbons (Fsp3) is 1.00. The van der Waals surface area contributed by atoms with E-state index in [0.717, 1.165) is 0 Å². The lowest BCUT2D eigenvalue weighted by atomic mass is 9.84. The standard InChI is InChI=1S/C12H25FS/c1-5-6-7-8-9-12(3,4)11(2)14-10-13/h11H,5-10H2,1-4H3. The van der Waals surface area contributed by atoms with Crippen LogP contribution in [0.15, 0.2) is 0 Å². The lowest BCUT2D eigenvalue weighted by Crippen LogP contribution is -2.24. The van der Waals surface area contributed by atoms with Gasteiger partial charge in [0.15, 0.2) is 0 Å². The summed E-state index contributed by atoms with van der Waals surface area (Å²) < 4.78 is 12.2. The summed E-state index contributed by atoms with van der Waals surface area (Å²) in [5, 5.41) is 0.425. The fourth-order valence-corrected chi connectivity index (χ4v) is 2.29. The summed E-state index contributed by atoms with van der Waals surface area (Å²) in [6, 6.07) is -0.250. The number of hydrogen-bond donors (Lipinski definition) is 0. The van der Waals surface area contributed by atoms with Crippen molar-refractivity contribution in [2.45, 2.75) is 65.0 Å². The predicted octanol–water partition coefficient (Wildman–Crippen LogP) is 5.03. The van der Waals surface area contributed by atoms with Crippen LogP contribution in [0.2, 0.25) is 0 Å². The van der Waals surface area contributed by atoms with E-state index < -0.39 is 0 Å². The van der Waals surface area contributed by atoms with Crippen LogP contribution in [-0.2, 0) is 0 Å². The molecule has 1 unspecified atom stereocenters.